The number of carbonyl (C=O) groups excluding carboxylic acids is 2. The third-order valence-electron chi connectivity index (χ3n) is 7.06. The number of hydrogen-bond acceptors (Lipinski definition) is 9. The lowest BCUT2D eigenvalue weighted by molar-refractivity contribution is 0.109. The maximum absolute atomic E-state index is 13.6. The molecule has 0 saturated heterocycles. The van der Waals surface area contributed by atoms with Gasteiger partial charge in [0.05, 0.1) is 27.5 Å². The second-order valence-corrected chi connectivity index (χ2v) is 15.1. The number of benzene rings is 1. The Hall–Kier alpha value is -3.16. The maximum atomic E-state index is 13.6. The van der Waals surface area contributed by atoms with E-state index in [1.165, 1.54) is 17.4 Å². The largest absolute Gasteiger partial charge is 0.449 e. The number of rotatable bonds is 9. The van der Waals surface area contributed by atoms with Crippen molar-refractivity contribution in [3.8, 4) is 10.4 Å². The summed E-state index contributed by atoms with van der Waals surface area (Å²) in [6.45, 7) is 10.0. The Labute approximate surface area is 258 Å². The lowest BCUT2D eigenvalue weighted by atomic mass is 9.86. The molecule has 1 saturated carbocycles. The van der Waals surface area contributed by atoms with Crippen LogP contribution in [-0.4, -0.2) is 56.4 Å². The molecule has 43 heavy (non-hydrogen) atoms. The number of anilines is 1. The van der Waals surface area contributed by atoms with Crippen molar-refractivity contribution < 1.29 is 27.5 Å². The van der Waals surface area contributed by atoms with Gasteiger partial charge in [-0.05, 0) is 85.1 Å². The number of carbonyl (C=O) groups is 2. The molecule has 2 aromatic rings. The van der Waals surface area contributed by atoms with Gasteiger partial charge in [0.25, 0.3) is 0 Å². The number of nitrogens with zero attached hydrogens (tertiary/aromatic N) is 1. The highest BCUT2D eigenvalue weighted by Gasteiger charge is 2.29. The van der Waals surface area contributed by atoms with Crippen LogP contribution in [0, 0.1) is 5.92 Å². The number of hydrogen-bond donors (Lipinski definition) is 4. The first-order chi connectivity index (χ1) is 20.3. The molecular weight excluding hydrogens is 590 g/mol. The van der Waals surface area contributed by atoms with Gasteiger partial charge in [-0.25, -0.2) is 27.7 Å². The van der Waals surface area contributed by atoms with Gasteiger partial charge in [0.1, 0.15) is 0 Å². The predicted molar refractivity (Wildman–Crippen MR) is 168 cm³/mol. The number of sulfonamides is 1. The van der Waals surface area contributed by atoms with Gasteiger partial charge >= 0.3 is 12.2 Å². The number of ether oxygens (including phenoxy) is 2. The van der Waals surface area contributed by atoms with Crippen molar-refractivity contribution in [2.24, 2.45) is 5.92 Å². The van der Waals surface area contributed by atoms with Crippen LogP contribution in [0.3, 0.4) is 0 Å². The molecule has 1 fully saturated rings. The smallest absolute Gasteiger partial charge is 0.411 e. The summed E-state index contributed by atoms with van der Waals surface area (Å²) >= 11 is 1.47. The summed E-state index contributed by atoms with van der Waals surface area (Å²) in [5.74, 6) is 0.352. The minimum Gasteiger partial charge on any atom is -0.449 e. The van der Waals surface area contributed by atoms with Crippen molar-refractivity contribution in [2.45, 2.75) is 95.2 Å². The van der Waals surface area contributed by atoms with E-state index < -0.39 is 27.7 Å². The van der Waals surface area contributed by atoms with Crippen LogP contribution in [0.2, 0.25) is 0 Å². The van der Waals surface area contributed by atoms with Crippen molar-refractivity contribution in [1.29, 1.82) is 0 Å². The predicted octanol–water partition coefficient (Wildman–Crippen LogP) is 5.72. The molecule has 0 spiro atoms. The normalized spacial score (nSPS) is 20.7. The molecule has 1 unspecified atom stereocenters. The van der Waals surface area contributed by atoms with Gasteiger partial charge in [0.15, 0.2) is 0 Å². The fourth-order valence-electron chi connectivity index (χ4n) is 5.11. The second kappa shape index (κ2) is 14.1. The maximum Gasteiger partial charge on any atom is 0.411 e. The van der Waals surface area contributed by atoms with Gasteiger partial charge in [-0.3, -0.25) is 5.32 Å². The Kier molecular flexibility index (Phi) is 10.7. The average Bonchev–Trinajstić information content (AvgIpc) is 3.41. The van der Waals surface area contributed by atoms with Crippen molar-refractivity contribution >= 4 is 39.2 Å². The number of thiazole rings is 1. The van der Waals surface area contributed by atoms with Gasteiger partial charge in [0.2, 0.25) is 10.0 Å². The van der Waals surface area contributed by atoms with Crippen LogP contribution in [0.4, 0.5) is 15.3 Å². The molecule has 11 nitrogen and oxygen atoms in total. The van der Waals surface area contributed by atoms with Gasteiger partial charge in [0, 0.05) is 47.4 Å². The summed E-state index contributed by atoms with van der Waals surface area (Å²) in [4.78, 5) is 30.0. The van der Waals surface area contributed by atoms with E-state index in [1.807, 2.05) is 26.1 Å². The molecule has 2 heterocycles. The summed E-state index contributed by atoms with van der Waals surface area (Å²) in [7, 11) is -3.96. The van der Waals surface area contributed by atoms with E-state index in [4.69, 9.17) is 9.47 Å². The summed E-state index contributed by atoms with van der Waals surface area (Å²) in [6.07, 6.45) is 8.52. The molecule has 236 valence electrons. The summed E-state index contributed by atoms with van der Waals surface area (Å²) in [6, 6.07) is 4.89. The van der Waals surface area contributed by atoms with E-state index >= 15 is 0 Å². The van der Waals surface area contributed by atoms with Crippen LogP contribution in [0.25, 0.3) is 10.4 Å². The van der Waals surface area contributed by atoms with Crippen LogP contribution in [0.15, 0.2) is 41.6 Å². The van der Waals surface area contributed by atoms with Crippen LogP contribution >= 0.6 is 11.3 Å². The first-order valence-corrected chi connectivity index (χ1v) is 17.0. The minimum absolute atomic E-state index is 0.0493. The SMILES string of the molecule is CC(C)OC(=O)NC1CCC(c2ncc(-c3ccc(NC(=O)OCC4C=CNCC4)cc3S(=O)(=O)NC(C)(C)C)s2)CC1. The highest BCUT2D eigenvalue weighted by Crippen LogP contribution is 2.40. The third kappa shape index (κ3) is 9.67. The lowest BCUT2D eigenvalue weighted by Crippen LogP contribution is -2.40. The van der Waals surface area contributed by atoms with Gasteiger partial charge < -0.3 is 20.1 Å². The Morgan fingerprint density at radius 1 is 1.12 bits per heavy atom. The minimum atomic E-state index is -3.96. The highest BCUT2D eigenvalue weighted by atomic mass is 32.2. The Morgan fingerprint density at radius 2 is 1.86 bits per heavy atom. The molecule has 4 N–H and O–H groups in total. The van der Waals surface area contributed by atoms with E-state index in [0.717, 1.165) is 48.5 Å². The van der Waals surface area contributed by atoms with Crippen molar-refractivity contribution in [3.63, 3.8) is 0 Å². The zero-order valence-electron chi connectivity index (χ0n) is 25.4. The summed E-state index contributed by atoms with van der Waals surface area (Å²) < 4.78 is 40.5. The lowest BCUT2D eigenvalue weighted by Gasteiger charge is -2.28. The van der Waals surface area contributed by atoms with Gasteiger partial charge in [-0.1, -0.05) is 12.1 Å². The monoisotopic (exact) mass is 633 g/mol. The summed E-state index contributed by atoms with van der Waals surface area (Å²) in [5.41, 5.74) is 0.106. The van der Waals surface area contributed by atoms with Crippen LogP contribution < -0.4 is 20.7 Å². The molecule has 13 heteroatoms. The number of alkyl carbamates (subject to hydrolysis) is 1. The first-order valence-electron chi connectivity index (χ1n) is 14.7. The molecule has 1 atom stereocenters. The quantitative estimate of drug-likeness (QED) is 0.274. The van der Waals surface area contributed by atoms with Gasteiger partial charge in [-0.2, -0.15) is 0 Å². The van der Waals surface area contributed by atoms with Crippen LogP contribution in [0.1, 0.15) is 77.6 Å². The molecule has 1 aliphatic carbocycles. The zero-order valence-corrected chi connectivity index (χ0v) is 27.1. The molecule has 0 radical (unpaired) electrons. The molecule has 2 aliphatic rings. The van der Waals surface area contributed by atoms with E-state index in [-0.39, 0.29) is 35.5 Å². The number of aromatic nitrogens is 1. The van der Waals surface area contributed by atoms with E-state index in [9.17, 15) is 18.0 Å². The molecule has 0 bridgehead atoms. The van der Waals surface area contributed by atoms with Crippen LogP contribution in [0.5, 0.6) is 0 Å². The van der Waals surface area contributed by atoms with Crippen molar-refractivity contribution in [3.05, 3.63) is 41.7 Å². The second-order valence-electron chi connectivity index (χ2n) is 12.4. The molecule has 1 aromatic heterocycles. The van der Waals surface area contributed by atoms with E-state index in [0.29, 0.717) is 11.3 Å². The van der Waals surface area contributed by atoms with Crippen molar-refractivity contribution in [2.75, 3.05) is 18.5 Å². The van der Waals surface area contributed by atoms with Crippen LogP contribution in [-0.2, 0) is 19.5 Å². The van der Waals surface area contributed by atoms with E-state index in [1.54, 1.807) is 39.1 Å². The topological polar surface area (TPSA) is 148 Å². The standard InChI is InChI=1S/C30H43N5O6S2/c1-19(2)41-29(37)33-22-8-6-21(7-9-22)27-32-17-25(42-27)24-11-10-23(16-26(24)43(38,39)35-30(3,4)5)34-28(36)40-18-20-12-14-31-15-13-20/h10-12,14,16-17,19-22,31,35H,6-9,13,15,18H2,1-5H3,(H,33,37)(H,34,36). The number of nitrogens with one attached hydrogen (secondary N) is 4. The fraction of sp³-hybridized carbons (Fsp3) is 0.567. The Balaban J connectivity index is 1.49. The van der Waals surface area contributed by atoms with E-state index in [2.05, 4.69) is 25.7 Å². The fourth-order valence-corrected chi connectivity index (χ4v) is 7.97. The average molecular weight is 634 g/mol. The third-order valence-corrected chi connectivity index (χ3v) is 10.1. The highest BCUT2D eigenvalue weighted by molar-refractivity contribution is 7.89. The van der Waals surface area contributed by atoms with Crippen molar-refractivity contribution in [1.82, 2.24) is 20.3 Å². The van der Waals surface area contributed by atoms with Gasteiger partial charge in [-0.15, -0.1) is 11.3 Å². The Bertz CT molecular complexity index is 1410. The molecule has 4 rings (SSSR count). The molecule has 2 amide bonds. The summed E-state index contributed by atoms with van der Waals surface area (Å²) in [5, 5.41) is 9.66. The molecule has 1 aliphatic heterocycles. The zero-order chi connectivity index (χ0) is 31.2. The Morgan fingerprint density at radius 3 is 2.51 bits per heavy atom. The molecule has 1 aromatic carbocycles. The number of amides is 2. The molecular formula is C30H43N5O6S2. The first kappa shape index (κ1) is 32.7.